The fourth-order valence-electron chi connectivity index (χ4n) is 1.34. The predicted molar refractivity (Wildman–Crippen MR) is 75.3 cm³/mol. The molecular weight excluding hydrogens is 246 g/mol. The first-order valence-electron chi connectivity index (χ1n) is 7.31. The van der Waals surface area contributed by atoms with Gasteiger partial charge in [0.1, 0.15) is 0 Å². The van der Waals surface area contributed by atoms with E-state index in [2.05, 4.69) is 19.2 Å². The predicted octanol–water partition coefficient (Wildman–Crippen LogP) is 1.75. The number of nitrogens with one attached hydrogen (secondary N) is 1. The Morgan fingerprint density at radius 2 is 1.42 bits per heavy atom. The summed E-state index contributed by atoms with van der Waals surface area (Å²) in [6.45, 7) is 8.48. The van der Waals surface area contributed by atoms with E-state index in [-0.39, 0.29) is 5.91 Å². The largest absolute Gasteiger partial charge is 0.379 e. The lowest BCUT2D eigenvalue weighted by atomic mass is 10.3. The maximum Gasteiger partial charge on any atom is 0.222 e. The van der Waals surface area contributed by atoms with Crippen LogP contribution in [0.15, 0.2) is 0 Å². The summed E-state index contributed by atoms with van der Waals surface area (Å²) in [5, 5.41) is 2.85. The summed E-state index contributed by atoms with van der Waals surface area (Å²) in [6.07, 6.45) is 3.57. The van der Waals surface area contributed by atoms with Crippen molar-refractivity contribution in [2.45, 2.75) is 39.5 Å². The van der Waals surface area contributed by atoms with Gasteiger partial charge in [-0.1, -0.05) is 20.3 Å². The minimum absolute atomic E-state index is 0.0577. The molecule has 0 heterocycles. The molecule has 0 fully saturated rings. The average Bonchev–Trinajstić information content (AvgIpc) is 2.41. The third-order valence-electron chi connectivity index (χ3n) is 2.42. The first kappa shape index (κ1) is 18.4. The molecule has 0 spiro atoms. The number of rotatable bonds is 14. The van der Waals surface area contributed by atoms with Gasteiger partial charge in [-0.3, -0.25) is 4.79 Å². The Hall–Kier alpha value is -0.650. The van der Waals surface area contributed by atoms with Gasteiger partial charge >= 0.3 is 0 Å². The minimum Gasteiger partial charge on any atom is -0.379 e. The molecule has 0 bridgehead atoms. The smallest absolute Gasteiger partial charge is 0.222 e. The van der Waals surface area contributed by atoms with Crippen LogP contribution in [-0.2, 0) is 19.0 Å². The van der Waals surface area contributed by atoms with Gasteiger partial charge < -0.3 is 19.5 Å². The number of hydrogen-bond acceptors (Lipinski definition) is 4. The van der Waals surface area contributed by atoms with Gasteiger partial charge in [-0.2, -0.15) is 0 Å². The van der Waals surface area contributed by atoms with Gasteiger partial charge in [0.2, 0.25) is 5.91 Å². The SMILES string of the molecule is CCCCNC(=O)CCOCCOCCOCCC. The van der Waals surface area contributed by atoms with Crippen LogP contribution in [-0.4, -0.2) is 52.1 Å². The van der Waals surface area contributed by atoms with E-state index in [4.69, 9.17) is 14.2 Å². The minimum atomic E-state index is 0.0577. The highest BCUT2D eigenvalue weighted by Gasteiger charge is 1.99. The number of ether oxygens (including phenoxy) is 3. The third kappa shape index (κ3) is 15.3. The summed E-state index contributed by atoms with van der Waals surface area (Å²) in [6, 6.07) is 0. The van der Waals surface area contributed by atoms with Crippen molar-refractivity contribution in [3.05, 3.63) is 0 Å². The Bertz CT molecular complexity index is 200. The van der Waals surface area contributed by atoms with Gasteiger partial charge in [0.05, 0.1) is 33.0 Å². The van der Waals surface area contributed by atoms with Crippen LogP contribution >= 0.6 is 0 Å². The van der Waals surface area contributed by atoms with Crippen LogP contribution in [0.4, 0.5) is 0 Å². The highest BCUT2D eigenvalue weighted by Crippen LogP contribution is 1.87. The lowest BCUT2D eigenvalue weighted by molar-refractivity contribution is -0.122. The molecule has 0 aromatic carbocycles. The average molecular weight is 275 g/mol. The van der Waals surface area contributed by atoms with Crippen LogP contribution < -0.4 is 5.32 Å². The Labute approximate surface area is 117 Å². The Balaban J connectivity index is 3.07. The molecule has 0 aliphatic rings. The molecule has 0 aromatic heterocycles. The Morgan fingerprint density at radius 3 is 2.00 bits per heavy atom. The fourth-order valence-corrected chi connectivity index (χ4v) is 1.34. The van der Waals surface area contributed by atoms with E-state index in [0.717, 1.165) is 32.4 Å². The molecule has 1 amide bonds. The van der Waals surface area contributed by atoms with E-state index in [1.165, 1.54) is 0 Å². The highest BCUT2D eigenvalue weighted by atomic mass is 16.5. The zero-order valence-corrected chi connectivity index (χ0v) is 12.4. The molecule has 0 rings (SSSR count). The van der Waals surface area contributed by atoms with Crippen LogP contribution in [0.5, 0.6) is 0 Å². The van der Waals surface area contributed by atoms with Crippen molar-refractivity contribution in [3.8, 4) is 0 Å². The molecule has 114 valence electrons. The first-order valence-corrected chi connectivity index (χ1v) is 7.31. The second-order valence-electron chi connectivity index (χ2n) is 4.29. The zero-order valence-electron chi connectivity index (χ0n) is 12.4. The third-order valence-corrected chi connectivity index (χ3v) is 2.42. The van der Waals surface area contributed by atoms with Gasteiger partial charge in [-0.25, -0.2) is 0 Å². The van der Waals surface area contributed by atoms with E-state index >= 15 is 0 Å². The summed E-state index contributed by atoms with van der Waals surface area (Å²) in [5.74, 6) is 0.0577. The van der Waals surface area contributed by atoms with Crippen molar-refractivity contribution in [2.75, 3.05) is 46.2 Å². The van der Waals surface area contributed by atoms with Crippen LogP contribution in [0.2, 0.25) is 0 Å². The summed E-state index contributed by atoms with van der Waals surface area (Å²) in [4.78, 5) is 11.3. The molecule has 5 nitrogen and oxygen atoms in total. The van der Waals surface area contributed by atoms with Crippen molar-refractivity contribution in [2.24, 2.45) is 0 Å². The van der Waals surface area contributed by atoms with Crippen LogP contribution in [0, 0.1) is 0 Å². The number of carbonyl (C=O) groups excluding carboxylic acids is 1. The lowest BCUT2D eigenvalue weighted by Gasteiger charge is -2.07. The monoisotopic (exact) mass is 275 g/mol. The topological polar surface area (TPSA) is 56.8 Å². The molecule has 19 heavy (non-hydrogen) atoms. The quantitative estimate of drug-likeness (QED) is 0.491. The summed E-state index contributed by atoms with van der Waals surface area (Å²) in [7, 11) is 0. The molecular formula is C14H29NO4. The summed E-state index contributed by atoms with van der Waals surface area (Å²) >= 11 is 0. The molecule has 1 N–H and O–H groups in total. The molecule has 0 aromatic rings. The second kappa shape index (κ2) is 15.4. The number of unbranched alkanes of at least 4 members (excludes halogenated alkanes) is 1. The fraction of sp³-hybridized carbons (Fsp3) is 0.929. The van der Waals surface area contributed by atoms with Crippen molar-refractivity contribution >= 4 is 5.91 Å². The molecule has 0 radical (unpaired) electrons. The van der Waals surface area contributed by atoms with Gasteiger partial charge in [-0.15, -0.1) is 0 Å². The van der Waals surface area contributed by atoms with E-state index < -0.39 is 0 Å². The van der Waals surface area contributed by atoms with Crippen molar-refractivity contribution in [1.29, 1.82) is 0 Å². The first-order chi connectivity index (χ1) is 9.31. The van der Waals surface area contributed by atoms with E-state index in [1.54, 1.807) is 0 Å². The van der Waals surface area contributed by atoms with Crippen LogP contribution in [0.1, 0.15) is 39.5 Å². The summed E-state index contributed by atoms with van der Waals surface area (Å²) < 4.78 is 15.9. The number of amides is 1. The number of hydrogen-bond donors (Lipinski definition) is 1. The van der Waals surface area contributed by atoms with Crippen molar-refractivity contribution < 1.29 is 19.0 Å². The molecule has 0 aliphatic heterocycles. The van der Waals surface area contributed by atoms with Crippen LogP contribution in [0.25, 0.3) is 0 Å². The molecule has 0 atom stereocenters. The Morgan fingerprint density at radius 1 is 0.842 bits per heavy atom. The van der Waals surface area contributed by atoms with Gasteiger partial charge in [-0.05, 0) is 12.8 Å². The highest BCUT2D eigenvalue weighted by molar-refractivity contribution is 5.75. The van der Waals surface area contributed by atoms with Crippen LogP contribution in [0.3, 0.4) is 0 Å². The molecule has 0 aliphatic carbocycles. The molecule has 0 saturated carbocycles. The van der Waals surface area contributed by atoms with E-state index in [0.29, 0.717) is 39.5 Å². The molecule has 0 saturated heterocycles. The summed E-state index contributed by atoms with van der Waals surface area (Å²) in [5.41, 5.74) is 0. The van der Waals surface area contributed by atoms with Gasteiger partial charge in [0.15, 0.2) is 0 Å². The Kier molecular flexibility index (Phi) is 14.9. The van der Waals surface area contributed by atoms with Crippen molar-refractivity contribution in [3.63, 3.8) is 0 Å². The van der Waals surface area contributed by atoms with Crippen molar-refractivity contribution in [1.82, 2.24) is 5.32 Å². The zero-order chi connectivity index (χ0) is 14.2. The van der Waals surface area contributed by atoms with E-state index in [9.17, 15) is 4.79 Å². The van der Waals surface area contributed by atoms with Gasteiger partial charge in [0.25, 0.3) is 0 Å². The standard InChI is InChI=1S/C14H29NO4/c1-3-5-7-15-14(16)6-9-18-11-13-19-12-10-17-8-4-2/h3-13H2,1-2H3,(H,15,16). The second-order valence-corrected chi connectivity index (χ2v) is 4.29. The maximum absolute atomic E-state index is 11.3. The molecule has 0 unspecified atom stereocenters. The normalized spacial score (nSPS) is 10.6. The maximum atomic E-state index is 11.3. The molecule has 5 heteroatoms. The van der Waals surface area contributed by atoms with Gasteiger partial charge in [0, 0.05) is 19.6 Å². The van der Waals surface area contributed by atoms with E-state index in [1.807, 2.05) is 0 Å². The lowest BCUT2D eigenvalue weighted by Crippen LogP contribution is -2.25. The number of carbonyl (C=O) groups is 1.